The minimum Gasteiger partial charge on any atom is -0.322 e. The summed E-state index contributed by atoms with van der Waals surface area (Å²) in [4.78, 5) is 25.5. The molecule has 2 aromatic rings. The highest BCUT2D eigenvalue weighted by Crippen LogP contribution is 2.23. The Balaban J connectivity index is 1.71. The summed E-state index contributed by atoms with van der Waals surface area (Å²) in [6.07, 6.45) is 3.01. The lowest BCUT2D eigenvalue weighted by atomic mass is 10.2. The van der Waals surface area contributed by atoms with Crippen LogP contribution < -0.4 is 10.2 Å². The first-order chi connectivity index (χ1) is 10.1. The Hall–Kier alpha value is -2.63. The van der Waals surface area contributed by atoms with Gasteiger partial charge >= 0.3 is 0 Å². The second-order valence-electron chi connectivity index (χ2n) is 5.06. The van der Waals surface area contributed by atoms with Crippen molar-refractivity contribution in [3.63, 3.8) is 0 Å². The number of carbonyl (C=O) groups is 2. The van der Waals surface area contributed by atoms with Gasteiger partial charge in [-0.15, -0.1) is 0 Å². The zero-order valence-electron chi connectivity index (χ0n) is 11.7. The third-order valence-corrected chi connectivity index (χ3v) is 3.58. The molecule has 0 saturated carbocycles. The van der Waals surface area contributed by atoms with Crippen molar-refractivity contribution in [2.75, 3.05) is 16.8 Å². The van der Waals surface area contributed by atoms with Gasteiger partial charge in [-0.2, -0.15) is 5.10 Å². The number of amides is 2. The van der Waals surface area contributed by atoms with E-state index in [-0.39, 0.29) is 11.8 Å². The first-order valence-electron chi connectivity index (χ1n) is 6.87. The number of benzene rings is 1. The normalized spacial score (nSPS) is 14.5. The largest absolute Gasteiger partial charge is 0.322 e. The number of H-pyrrole nitrogens is 1. The Kier molecular flexibility index (Phi) is 3.43. The van der Waals surface area contributed by atoms with E-state index in [2.05, 4.69) is 15.5 Å². The molecular formula is C15H16N4O2. The molecule has 1 saturated heterocycles. The highest BCUT2D eigenvalue weighted by atomic mass is 16.2. The van der Waals surface area contributed by atoms with Gasteiger partial charge < -0.3 is 10.2 Å². The highest BCUT2D eigenvalue weighted by molar-refractivity contribution is 6.05. The monoisotopic (exact) mass is 284 g/mol. The number of hydrogen-bond donors (Lipinski definition) is 2. The van der Waals surface area contributed by atoms with Gasteiger partial charge in [0.05, 0.1) is 11.8 Å². The van der Waals surface area contributed by atoms with Gasteiger partial charge in [0.1, 0.15) is 0 Å². The van der Waals surface area contributed by atoms with Crippen molar-refractivity contribution < 1.29 is 9.59 Å². The molecule has 0 bridgehead atoms. The molecule has 0 spiro atoms. The van der Waals surface area contributed by atoms with Crippen LogP contribution in [0.3, 0.4) is 0 Å². The molecule has 0 unspecified atom stereocenters. The number of nitrogens with zero attached hydrogens (tertiary/aromatic N) is 2. The maximum absolute atomic E-state index is 12.1. The van der Waals surface area contributed by atoms with E-state index in [0.717, 1.165) is 24.3 Å². The van der Waals surface area contributed by atoms with Gasteiger partial charge in [0.15, 0.2) is 0 Å². The highest BCUT2D eigenvalue weighted by Gasteiger charge is 2.21. The summed E-state index contributed by atoms with van der Waals surface area (Å²) in [6.45, 7) is 2.56. The standard InChI is InChI=1S/C15H16N4O2/c1-10-13(9-16-18-10)15(21)17-11-4-6-12(7-5-11)19-8-2-3-14(19)20/h4-7,9H,2-3,8H2,1H3,(H,16,18)(H,17,21). The van der Waals surface area contributed by atoms with Crippen molar-refractivity contribution in [1.29, 1.82) is 0 Å². The van der Waals surface area contributed by atoms with Crippen LogP contribution in [0.1, 0.15) is 28.9 Å². The number of nitrogens with one attached hydrogen (secondary N) is 2. The number of rotatable bonds is 3. The van der Waals surface area contributed by atoms with Gasteiger partial charge in [0.2, 0.25) is 5.91 Å². The third-order valence-electron chi connectivity index (χ3n) is 3.58. The fraction of sp³-hybridized carbons (Fsp3) is 0.267. The fourth-order valence-electron chi connectivity index (χ4n) is 2.42. The molecule has 0 aliphatic carbocycles. The number of aromatic amines is 1. The summed E-state index contributed by atoms with van der Waals surface area (Å²) < 4.78 is 0. The van der Waals surface area contributed by atoms with Gasteiger partial charge in [-0.1, -0.05) is 0 Å². The molecule has 108 valence electrons. The molecule has 1 aliphatic rings. The van der Waals surface area contributed by atoms with Crippen molar-refractivity contribution in [2.45, 2.75) is 19.8 Å². The quantitative estimate of drug-likeness (QED) is 0.906. The molecule has 0 radical (unpaired) electrons. The van der Waals surface area contributed by atoms with E-state index in [1.165, 1.54) is 6.20 Å². The predicted octanol–water partition coefficient (Wildman–Crippen LogP) is 2.10. The topological polar surface area (TPSA) is 78.1 Å². The van der Waals surface area contributed by atoms with Gasteiger partial charge in [0, 0.05) is 30.0 Å². The molecule has 1 aromatic heterocycles. The van der Waals surface area contributed by atoms with Crippen LogP contribution in [0.4, 0.5) is 11.4 Å². The molecule has 1 aromatic carbocycles. The number of aromatic nitrogens is 2. The van der Waals surface area contributed by atoms with Gasteiger partial charge in [-0.25, -0.2) is 0 Å². The summed E-state index contributed by atoms with van der Waals surface area (Å²) in [5.41, 5.74) is 2.81. The molecule has 21 heavy (non-hydrogen) atoms. The maximum Gasteiger partial charge on any atom is 0.259 e. The molecular weight excluding hydrogens is 268 g/mol. The zero-order valence-corrected chi connectivity index (χ0v) is 11.7. The lowest BCUT2D eigenvalue weighted by Gasteiger charge is -2.16. The summed E-state index contributed by atoms with van der Waals surface area (Å²) in [6, 6.07) is 7.30. The third kappa shape index (κ3) is 2.65. The lowest BCUT2D eigenvalue weighted by Crippen LogP contribution is -2.23. The molecule has 1 aliphatic heterocycles. The van der Waals surface area contributed by atoms with E-state index in [1.54, 1.807) is 24.0 Å². The minimum atomic E-state index is -0.203. The molecule has 1 fully saturated rings. The number of carbonyl (C=O) groups excluding carboxylic acids is 2. The molecule has 2 heterocycles. The van der Waals surface area contributed by atoms with E-state index >= 15 is 0 Å². The summed E-state index contributed by atoms with van der Waals surface area (Å²) >= 11 is 0. The molecule has 3 rings (SSSR count). The van der Waals surface area contributed by atoms with Crippen LogP contribution in [0.2, 0.25) is 0 Å². The van der Waals surface area contributed by atoms with Crippen LogP contribution in [0.5, 0.6) is 0 Å². The van der Waals surface area contributed by atoms with Crippen LogP contribution in [0.25, 0.3) is 0 Å². The van der Waals surface area contributed by atoms with Gasteiger partial charge in [-0.05, 0) is 37.6 Å². The van der Waals surface area contributed by atoms with E-state index in [0.29, 0.717) is 17.7 Å². The van der Waals surface area contributed by atoms with E-state index in [1.807, 2.05) is 12.1 Å². The van der Waals surface area contributed by atoms with E-state index in [4.69, 9.17) is 0 Å². The SMILES string of the molecule is Cc1[nH]ncc1C(=O)Nc1ccc(N2CCCC2=O)cc1. The fourth-order valence-corrected chi connectivity index (χ4v) is 2.42. The molecule has 6 nitrogen and oxygen atoms in total. The second-order valence-corrected chi connectivity index (χ2v) is 5.06. The molecule has 0 atom stereocenters. The number of hydrogen-bond acceptors (Lipinski definition) is 3. The van der Waals surface area contributed by atoms with Crippen LogP contribution in [0.15, 0.2) is 30.5 Å². The summed E-state index contributed by atoms with van der Waals surface area (Å²) in [5.74, 6) is -0.0490. The molecule has 2 N–H and O–H groups in total. The van der Waals surface area contributed by atoms with Crippen LogP contribution in [0, 0.1) is 6.92 Å². The summed E-state index contributed by atoms with van der Waals surface area (Å²) in [7, 11) is 0. The Morgan fingerprint density at radius 2 is 2.10 bits per heavy atom. The summed E-state index contributed by atoms with van der Waals surface area (Å²) in [5, 5.41) is 9.37. The van der Waals surface area contributed by atoms with E-state index < -0.39 is 0 Å². The van der Waals surface area contributed by atoms with Gasteiger partial charge in [-0.3, -0.25) is 14.7 Å². The smallest absolute Gasteiger partial charge is 0.259 e. The Morgan fingerprint density at radius 1 is 1.33 bits per heavy atom. The Labute approximate surface area is 122 Å². The van der Waals surface area contributed by atoms with E-state index in [9.17, 15) is 9.59 Å². The average Bonchev–Trinajstić information content (AvgIpc) is 3.08. The average molecular weight is 284 g/mol. The van der Waals surface area contributed by atoms with Crippen LogP contribution in [-0.4, -0.2) is 28.6 Å². The lowest BCUT2D eigenvalue weighted by molar-refractivity contribution is -0.117. The Bertz CT molecular complexity index is 675. The Morgan fingerprint density at radius 3 is 2.67 bits per heavy atom. The van der Waals surface area contributed by atoms with Crippen molar-refractivity contribution in [1.82, 2.24) is 10.2 Å². The number of aryl methyl sites for hydroxylation is 1. The van der Waals surface area contributed by atoms with Crippen molar-refractivity contribution in [3.8, 4) is 0 Å². The zero-order chi connectivity index (χ0) is 14.8. The predicted molar refractivity (Wildman–Crippen MR) is 79.3 cm³/mol. The minimum absolute atomic E-state index is 0.154. The van der Waals surface area contributed by atoms with Crippen LogP contribution >= 0.6 is 0 Å². The maximum atomic E-state index is 12.1. The van der Waals surface area contributed by atoms with Gasteiger partial charge in [0.25, 0.3) is 5.91 Å². The van der Waals surface area contributed by atoms with Crippen LogP contribution in [-0.2, 0) is 4.79 Å². The second kappa shape index (κ2) is 5.40. The van der Waals surface area contributed by atoms with Crippen molar-refractivity contribution in [2.24, 2.45) is 0 Å². The van der Waals surface area contributed by atoms with Crippen molar-refractivity contribution >= 4 is 23.2 Å². The first-order valence-corrected chi connectivity index (χ1v) is 6.87. The number of anilines is 2. The first kappa shape index (κ1) is 13.4. The van der Waals surface area contributed by atoms with Crippen molar-refractivity contribution in [3.05, 3.63) is 41.7 Å². The molecule has 2 amide bonds. The molecule has 6 heteroatoms.